The zero-order chi connectivity index (χ0) is 19.3. The molecule has 2 aromatic rings. The fourth-order valence-electron chi connectivity index (χ4n) is 4.43. The molecule has 0 bridgehead atoms. The Morgan fingerprint density at radius 2 is 1.44 bits per heavy atom. The van der Waals surface area contributed by atoms with Crippen LogP contribution in [0, 0.1) is 17.3 Å². The Bertz CT molecular complexity index is 669. The monoisotopic (exact) mass is 380 g/mol. The molecule has 3 atom stereocenters. The first-order valence-electron chi connectivity index (χ1n) is 10.2. The predicted octanol–water partition coefficient (Wildman–Crippen LogP) is 3.96. The largest absolute Gasteiger partial charge is 0.407 e. The molecular weight excluding hydrogens is 348 g/mol. The highest BCUT2D eigenvalue weighted by Crippen LogP contribution is 2.39. The molecule has 0 amide bonds. The molecule has 1 unspecified atom stereocenters. The van der Waals surface area contributed by atoms with Gasteiger partial charge >= 0.3 is 0 Å². The van der Waals surface area contributed by atoms with Crippen molar-refractivity contribution in [3.63, 3.8) is 0 Å². The molecule has 1 aliphatic rings. The fraction of sp³-hybridized carbons (Fsp3) is 0.458. The summed E-state index contributed by atoms with van der Waals surface area (Å²) < 4.78 is 7.04. The zero-order valence-corrected chi connectivity index (χ0v) is 18.0. The summed E-state index contributed by atoms with van der Waals surface area (Å²) in [6.07, 6.45) is 5.74. The quantitative estimate of drug-likeness (QED) is 0.560. The van der Waals surface area contributed by atoms with Crippen LogP contribution < -0.4 is 10.4 Å². The van der Waals surface area contributed by atoms with Crippen LogP contribution in [0.5, 0.6) is 0 Å². The lowest BCUT2D eigenvalue weighted by Gasteiger charge is -2.43. The highest BCUT2D eigenvalue weighted by atomic mass is 28.3. The summed E-state index contributed by atoms with van der Waals surface area (Å²) in [4.78, 5) is 11.8. The van der Waals surface area contributed by atoms with Gasteiger partial charge in [-0.1, -0.05) is 94.3 Å². The molecule has 0 N–H and O–H groups in total. The summed E-state index contributed by atoms with van der Waals surface area (Å²) in [6.45, 7) is 6.78. The number of carbonyl (C=O) groups is 1. The Balaban J connectivity index is 1.96. The van der Waals surface area contributed by atoms with Crippen LogP contribution in [-0.4, -0.2) is 21.4 Å². The van der Waals surface area contributed by atoms with E-state index < -0.39 is 9.04 Å². The summed E-state index contributed by atoms with van der Waals surface area (Å²) in [5.41, 5.74) is -0.00191. The normalized spacial score (nSPS) is 21.8. The van der Waals surface area contributed by atoms with Gasteiger partial charge in [-0.3, -0.25) is 0 Å². The van der Waals surface area contributed by atoms with E-state index in [1.165, 1.54) is 23.1 Å². The first-order valence-corrected chi connectivity index (χ1v) is 11.8. The average molecular weight is 381 g/mol. The van der Waals surface area contributed by atoms with Crippen LogP contribution >= 0.6 is 0 Å². The first-order chi connectivity index (χ1) is 13.0. The fourth-order valence-corrected chi connectivity index (χ4v) is 7.18. The second-order valence-electron chi connectivity index (χ2n) is 8.87. The first kappa shape index (κ1) is 20.0. The molecular formula is C24H32O2Si. The van der Waals surface area contributed by atoms with Gasteiger partial charge < -0.3 is 9.22 Å². The van der Waals surface area contributed by atoms with Gasteiger partial charge in [0.15, 0.2) is 0 Å². The van der Waals surface area contributed by atoms with E-state index >= 15 is 0 Å². The van der Waals surface area contributed by atoms with Crippen LogP contribution in [0.2, 0.25) is 0 Å². The van der Waals surface area contributed by atoms with Gasteiger partial charge in [-0.2, -0.15) is 0 Å². The van der Waals surface area contributed by atoms with Gasteiger partial charge in [-0.25, -0.2) is 0 Å². The summed E-state index contributed by atoms with van der Waals surface area (Å²) >= 11 is 0. The second-order valence-corrected chi connectivity index (χ2v) is 11.2. The molecule has 0 radical (unpaired) electrons. The van der Waals surface area contributed by atoms with Crippen molar-refractivity contribution >= 4 is 25.7 Å². The number of rotatable bonds is 6. The third-order valence-electron chi connectivity index (χ3n) is 5.78. The van der Waals surface area contributed by atoms with E-state index in [9.17, 15) is 4.79 Å². The minimum atomic E-state index is -1.83. The third-order valence-corrected chi connectivity index (χ3v) is 8.33. The molecule has 2 aromatic carbocycles. The number of benzene rings is 2. The Morgan fingerprint density at radius 3 is 1.93 bits per heavy atom. The molecule has 3 heteroatoms. The highest BCUT2D eigenvalue weighted by Gasteiger charge is 2.40. The zero-order valence-electron chi connectivity index (χ0n) is 16.8. The Morgan fingerprint density at radius 1 is 0.926 bits per heavy atom. The summed E-state index contributed by atoms with van der Waals surface area (Å²) in [5.74, 6) is 0.447. The van der Waals surface area contributed by atoms with E-state index in [0.717, 1.165) is 19.3 Å². The molecule has 27 heavy (non-hydrogen) atoms. The van der Waals surface area contributed by atoms with Gasteiger partial charge in [0.2, 0.25) is 9.04 Å². The van der Waals surface area contributed by atoms with Gasteiger partial charge in [-0.15, -0.1) is 0 Å². The molecule has 0 aromatic heterocycles. The molecule has 2 nitrogen and oxygen atoms in total. The summed E-state index contributed by atoms with van der Waals surface area (Å²) in [6, 6.07) is 21.3. The SMILES string of the molecule is CC(C)(C)C(O[SiH](c1ccccc1)c1ccccc1)[C@@H]1CCCC[C@@H]1C=O. The molecule has 1 aliphatic carbocycles. The van der Waals surface area contributed by atoms with Crippen LogP contribution in [0.1, 0.15) is 46.5 Å². The molecule has 1 fully saturated rings. The smallest absolute Gasteiger partial charge is 0.240 e. The molecule has 0 heterocycles. The Kier molecular flexibility index (Phi) is 6.67. The van der Waals surface area contributed by atoms with Crippen molar-refractivity contribution in [2.75, 3.05) is 0 Å². The van der Waals surface area contributed by atoms with Crippen molar-refractivity contribution < 1.29 is 9.22 Å². The molecule has 1 saturated carbocycles. The van der Waals surface area contributed by atoms with E-state index in [0.29, 0.717) is 5.92 Å². The Labute approximate surface area is 165 Å². The minimum Gasteiger partial charge on any atom is -0.407 e. The third kappa shape index (κ3) is 4.97. The van der Waals surface area contributed by atoms with Crippen molar-refractivity contribution in [3.8, 4) is 0 Å². The van der Waals surface area contributed by atoms with E-state index in [2.05, 4.69) is 81.4 Å². The lowest BCUT2D eigenvalue weighted by molar-refractivity contribution is -0.116. The highest BCUT2D eigenvalue weighted by molar-refractivity contribution is 6.80. The number of hydrogen-bond donors (Lipinski definition) is 0. The van der Waals surface area contributed by atoms with Crippen LogP contribution in [0.15, 0.2) is 60.7 Å². The number of carbonyl (C=O) groups excluding carboxylic acids is 1. The maximum atomic E-state index is 11.8. The van der Waals surface area contributed by atoms with Crippen LogP contribution in [-0.2, 0) is 9.22 Å². The predicted molar refractivity (Wildman–Crippen MR) is 115 cm³/mol. The Hall–Kier alpha value is -1.71. The van der Waals surface area contributed by atoms with Crippen LogP contribution in [0.3, 0.4) is 0 Å². The van der Waals surface area contributed by atoms with E-state index in [1.807, 2.05) is 0 Å². The van der Waals surface area contributed by atoms with Gasteiger partial charge in [0.1, 0.15) is 6.29 Å². The molecule has 0 saturated heterocycles. The molecule has 0 spiro atoms. The van der Waals surface area contributed by atoms with Crippen LogP contribution in [0.25, 0.3) is 0 Å². The summed E-state index contributed by atoms with van der Waals surface area (Å²) in [7, 11) is -1.83. The van der Waals surface area contributed by atoms with Crippen LogP contribution in [0.4, 0.5) is 0 Å². The maximum absolute atomic E-state index is 11.8. The van der Waals surface area contributed by atoms with Crippen molar-refractivity contribution in [2.45, 2.75) is 52.6 Å². The lowest BCUT2D eigenvalue weighted by Crippen LogP contribution is -2.53. The number of hydrogen-bond acceptors (Lipinski definition) is 2. The number of aldehydes is 1. The summed E-state index contributed by atoms with van der Waals surface area (Å²) in [5, 5.41) is 2.60. The van der Waals surface area contributed by atoms with Gasteiger partial charge in [-0.05, 0) is 34.5 Å². The van der Waals surface area contributed by atoms with Crippen molar-refractivity contribution in [1.29, 1.82) is 0 Å². The van der Waals surface area contributed by atoms with Crippen molar-refractivity contribution in [2.24, 2.45) is 17.3 Å². The van der Waals surface area contributed by atoms with E-state index in [-0.39, 0.29) is 17.4 Å². The molecule has 0 aliphatic heterocycles. The standard InChI is InChI=1S/C24H32O2Si/c1-24(2,3)23(22-17-11-10-12-19(22)18-25)26-27(20-13-6-4-7-14-20)21-15-8-5-9-16-21/h4-9,13-16,18-19,22-23,27H,10-12,17H2,1-3H3/t19-,22-,23?/m1/s1. The maximum Gasteiger partial charge on any atom is 0.240 e. The van der Waals surface area contributed by atoms with E-state index in [4.69, 9.17) is 4.43 Å². The van der Waals surface area contributed by atoms with Gasteiger partial charge in [0.25, 0.3) is 0 Å². The van der Waals surface area contributed by atoms with Gasteiger partial charge in [0.05, 0.1) is 6.10 Å². The minimum absolute atomic E-state index is 0.00191. The average Bonchev–Trinajstić information content (AvgIpc) is 2.69. The van der Waals surface area contributed by atoms with Gasteiger partial charge in [0, 0.05) is 5.92 Å². The topological polar surface area (TPSA) is 26.3 Å². The molecule has 144 valence electrons. The van der Waals surface area contributed by atoms with E-state index in [1.54, 1.807) is 0 Å². The molecule has 3 rings (SSSR count). The lowest BCUT2D eigenvalue weighted by atomic mass is 9.70. The van der Waals surface area contributed by atoms with Crippen molar-refractivity contribution in [1.82, 2.24) is 0 Å². The van der Waals surface area contributed by atoms with Crippen molar-refractivity contribution in [3.05, 3.63) is 60.7 Å². The second kappa shape index (κ2) is 8.98.